The summed E-state index contributed by atoms with van der Waals surface area (Å²) in [5.41, 5.74) is 0. The third-order valence-corrected chi connectivity index (χ3v) is 3.39. The van der Waals surface area contributed by atoms with E-state index < -0.39 is 12.0 Å². The highest BCUT2D eigenvalue weighted by Gasteiger charge is 2.20. The van der Waals surface area contributed by atoms with Crippen molar-refractivity contribution in [2.24, 2.45) is 0 Å². The van der Waals surface area contributed by atoms with Gasteiger partial charge in [0.25, 0.3) is 11.8 Å². The number of amides is 3. The van der Waals surface area contributed by atoms with Gasteiger partial charge in [-0.25, -0.2) is 4.79 Å². The number of likely N-dealkylation sites (N-methyl/N-ethyl adjacent to an activating group) is 1. The topological polar surface area (TPSA) is 98.2 Å². The molecule has 22 heavy (non-hydrogen) atoms. The highest BCUT2D eigenvalue weighted by atomic mass is 16.5. The zero-order chi connectivity index (χ0) is 16.4. The molecule has 1 saturated heterocycles. The van der Waals surface area contributed by atoms with Crippen molar-refractivity contribution >= 4 is 17.9 Å². The molecule has 2 atom stereocenters. The van der Waals surface area contributed by atoms with Crippen molar-refractivity contribution in [1.29, 1.82) is 0 Å². The van der Waals surface area contributed by atoms with Crippen molar-refractivity contribution in [3.05, 3.63) is 0 Å². The molecular formula is C14H26N3O5+. The molecule has 0 aromatic heterocycles. The number of rotatable bonds is 8. The molecule has 1 unspecified atom stereocenters. The molecule has 1 aliphatic rings. The molecule has 1 fully saturated rings. The molecule has 126 valence electrons. The second-order valence-corrected chi connectivity index (χ2v) is 5.16. The van der Waals surface area contributed by atoms with Gasteiger partial charge in [0.05, 0.1) is 19.3 Å². The third kappa shape index (κ3) is 7.37. The van der Waals surface area contributed by atoms with Gasteiger partial charge in [0.1, 0.15) is 0 Å². The molecule has 3 N–H and O–H groups in total. The summed E-state index contributed by atoms with van der Waals surface area (Å²) in [6.45, 7) is 5.82. The number of ether oxygens (including phenoxy) is 2. The van der Waals surface area contributed by atoms with E-state index in [0.717, 1.165) is 24.3 Å². The Hall–Kier alpha value is -1.67. The number of carbonyl (C=O) groups excluding carboxylic acids is 3. The first-order chi connectivity index (χ1) is 10.5. The maximum absolute atomic E-state index is 11.9. The zero-order valence-corrected chi connectivity index (χ0v) is 13.3. The second kappa shape index (κ2) is 10.1. The average Bonchev–Trinajstić information content (AvgIpc) is 2.97. The summed E-state index contributed by atoms with van der Waals surface area (Å²) in [6, 6.07) is 0. The molecule has 3 amide bonds. The Balaban J connectivity index is 2.25. The molecule has 0 saturated carbocycles. The van der Waals surface area contributed by atoms with Crippen molar-refractivity contribution in [1.82, 2.24) is 10.6 Å². The lowest BCUT2D eigenvalue weighted by Crippen LogP contribution is -3.14. The van der Waals surface area contributed by atoms with Crippen molar-refractivity contribution < 1.29 is 28.8 Å². The Morgan fingerprint density at radius 2 is 1.95 bits per heavy atom. The molecule has 0 bridgehead atoms. The lowest BCUT2D eigenvalue weighted by Gasteiger charge is -2.17. The third-order valence-electron chi connectivity index (χ3n) is 3.39. The molecule has 1 aliphatic heterocycles. The predicted octanol–water partition coefficient (Wildman–Crippen LogP) is -1.54. The van der Waals surface area contributed by atoms with Crippen LogP contribution in [0.1, 0.15) is 26.7 Å². The number of hydrogen-bond acceptors (Lipinski definition) is 5. The van der Waals surface area contributed by atoms with Crippen LogP contribution in [0.2, 0.25) is 0 Å². The van der Waals surface area contributed by atoms with E-state index in [1.807, 2.05) is 6.92 Å². The number of imide groups is 1. The van der Waals surface area contributed by atoms with Gasteiger partial charge in [0.15, 0.2) is 13.1 Å². The molecule has 8 heteroatoms. The van der Waals surface area contributed by atoms with E-state index in [0.29, 0.717) is 13.1 Å². The Labute approximate surface area is 130 Å². The molecule has 0 aromatic carbocycles. The SMILES string of the molecule is CCOC(=O)NC(=O)C[NH+](CC)CC(=O)NC[C@@H]1CCCO1. The van der Waals surface area contributed by atoms with E-state index in [1.165, 1.54) is 0 Å². The average molecular weight is 316 g/mol. The number of hydrogen-bond donors (Lipinski definition) is 3. The second-order valence-electron chi connectivity index (χ2n) is 5.16. The van der Waals surface area contributed by atoms with Crippen molar-refractivity contribution in [3.8, 4) is 0 Å². The van der Waals surface area contributed by atoms with Gasteiger partial charge in [-0.2, -0.15) is 0 Å². The standard InChI is InChI=1S/C14H25N3O5/c1-3-17(10-13(19)16-14(20)21-4-2)9-12(18)15-8-11-6-5-7-22-11/h11H,3-10H2,1-2H3,(H,15,18)(H,16,19,20)/p+1/t11-/m0/s1. The summed E-state index contributed by atoms with van der Waals surface area (Å²) in [6.07, 6.45) is 1.33. The van der Waals surface area contributed by atoms with Gasteiger partial charge >= 0.3 is 6.09 Å². The molecule has 0 spiro atoms. The van der Waals surface area contributed by atoms with Gasteiger partial charge in [-0.15, -0.1) is 0 Å². The number of nitrogens with one attached hydrogen (secondary N) is 3. The van der Waals surface area contributed by atoms with Crippen molar-refractivity contribution in [2.45, 2.75) is 32.8 Å². The van der Waals surface area contributed by atoms with Crippen LogP contribution in [0.3, 0.4) is 0 Å². The minimum Gasteiger partial charge on any atom is -0.450 e. The lowest BCUT2D eigenvalue weighted by atomic mass is 10.2. The highest BCUT2D eigenvalue weighted by Crippen LogP contribution is 2.10. The largest absolute Gasteiger partial charge is 0.450 e. The van der Waals surface area contributed by atoms with Crippen LogP contribution >= 0.6 is 0 Å². The van der Waals surface area contributed by atoms with Gasteiger partial charge in [-0.05, 0) is 26.7 Å². The highest BCUT2D eigenvalue weighted by molar-refractivity contribution is 5.92. The summed E-state index contributed by atoms with van der Waals surface area (Å²) < 4.78 is 10.1. The quantitative estimate of drug-likeness (QED) is 0.504. The summed E-state index contributed by atoms with van der Waals surface area (Å²) in [4.78, 5) is 35.4. The maximum Gasteiger partial charge on any atom is 0.414 e. The molecule has 0 radical (unpaired) electrons. The summed E-state index contributed by atoms with van der Waals surface area (Å²) >= 11 is 0. The number of quaternary nitrogens is 1. The van der Waals surface area contributed by atoms with Crippen LogP contribution in [-0.2, 0) is 19.1 Å². The monoisotopic (exact) mass is 316 g/mol. The van der Waals surface area contributed by atoms with Gasteiger partial charge in [0, 0.05) is 13.2 Å². The Bertz CT molecular complexity index is 383. The summed E-state index contributed by atoms with van der Waals surface area (Å²) in [5.74, 6) is -0.585. The first kappa shape index (κ1) is 18.4. The van der Waals surface area contributed by atoms with Gasteiger partial charge in [-0.3, -0.25) is 14.9 Å². The Morgan fingerprint density at radius 3 is 2.55 bits per heavy atom. The molecule has 1 rings (SSSR count). The van der Waals surface area contributed by atoms with Crippen LogP contribution in [0.15, 0.2) is 0 Å². The van der Waals surface area contributed by atoms with Gasteiger partial charge < -0.3 is 19.7 Å². The van der Waals surface area contributed by atoms with Gasteiger partial charge in [0.2, 0.25) is 0 Å². The van der Waals surface area contributed by atoms with E-state index in [4.69, 9.17) is 4.74 Å². The van der Waals surface area contributed by atoms with Crippen molar-refractivity contribution in [2.75, 3.05) is 39.4 Å². The molecule has 0 aliphatic carbocycles. The van der Waals surface area contributed by atoms with Crippen LogP contribution in [0.5, 0.6) is 0 Å². The van der Waals surface area contributed by atoms with E-state index in [2.05, 4.69) is 15.4 Å². The van der Waals surface area contributed by atoms with Crippen LogP contribution < -0.4 is 15.5 Å². The fraction of sp³-hybridized carbons (Fsp3) is 0.786. The van der Waals surface area contributed by atoms with Crippen LogP contribution in [0.25, 0.3) is 0 Å². The van der Waals surface area contributed by atoms with E-state index in [-0.39, 0.29) is 31.7 Å². The first-order valence-corrected chi connectivity index (χ1v) is 7.73. The van der Waals surface area contributed by atoms with E-state index in [1.54, 1.807) is 6.92 Å². The van der Waals surface area contributed by atoms with Crippen molar-refractivity contribution in [3.63, 3.8) is 0 Å². The lowest BCUT2D eigenvalue weighted by molar-refractivity contribution is -0.881. The summed E-state index contributed by atoms with van der Waals surface area (Å²) in [5, 5.41) is 4.94. The van der Waals surface area contributed by atoms with Crippen LogP contribution in [0, 0.1) is 0 Å². The van der Waals surface area contributed by atoms with E-state index in [9.17, 15) is 14.4 Å². The molecular weight excluding hydrogens is 290 g/mol. The predicted molar refractivity (Wildman–Crippen MR) is 78.4 cm³/mol. The van der Waals surface area contributed by atoms with Crippen LogP contribution in [0.4, 0.5) is 4.79 Å². The van der Waals surface area contributed by atoms with Gasteiger partial charge in [-0.1, -0.05) is 0 Å². The smallest absolute Gasteiger partial charge is 0.414 e. The first-order valence-electron chi connectivity index (χ1n) is 7.73. The molecule has 0 aromatic rings. The Kier molecular flexibility index (Phi) is 8.46. The van der Waals surface area contributed by atoms with E-state index >= 15 is 0 Å². The number of alkyl carbamates (subject to hydrolysis) is 1. The summed E-state index contributed by atoms with van der Waals surface area (Å²) in [7, 11) is 0. The maximum atomic E-state index is 11.9. The fourth-order valence-electron chi connectivity index (χ4n) is 2.19. The zero-order valence-electron chi connectivity index (χ0n) is 13.3. The minimum atomic E-state index is -0.759. The molecule has 8 nitrogen and oxygen atoms in total. The van der Waals surface area contributed by atoms with Crippen LogP contribution in [-0.4, -0.2) is 63.4 Å². The Morgan fingerprint density at radius 1 is 1.23 bits per heavy atom. The normalized spacial score (nSPS) is 18.5. The minimum absolute atomic E-state index is 0.0443. The number of carbonyl (C=O) groups is 3. The molecule has 1 heterocycles. The fourth-order valence-corrected chi connectivity index (χ4v) is 2.19.